The Morgan fingerprint density at radius 2 is 1.66 bits per heavy atom. The van der Waals surface area contributed by atoms with Crippen LogP contribution < -0.4 is 5.73 Å². The molecule has 0 radical (unpaired) electrons. The third kappa shape index (κ3) is 3.27. The van der Waals surface area contributed by atoms with Crippen molar-refractivity contribution in [2.75, 3.05) is 0 Å². The van der Waals surface area contributed by atoms with E-state index in [0.29, 0.717) is 17.7 Å². The third-order valence-corrected chi connectivity index (χ3v) is 7.06. The maximum Gasteiger partial charge on any atom is 0.229 e. The summed E-state index contributed by atoms with van der Waals surface area (Å²) in [6, 6.07) is 18.3. The van der Waals surface area contributed by atoms with Crippen LogP contribution >= 0.6 is 12.4 Å². The van der Waals surface area contributed by atoms with Crippen LogP contribution in [0.25, 0.3) is 11.1 Å². The van der Waals surface area contributed by atoms with E-state index in [-0.39, 0.29) is 29.7 Å². The van der Waals surface area contributed by atoms with Crippen molar-refractivity contribution in [2.24, 2.45) is 17.6 Å². The molecule has 1 aromatic heterocycles. The second-order valence-corrected chi connectivity index (χ2v) is 9.43. The van der Waals surface area contributed by atoms with Crippen LogP contribution in [0.5, 0.6) is 0 Å². The molecule has 1 heterocycles. The molecular formula is C24H27ClN2O2. The highest BCUT2D eigenvalue weighted by Gasteiger charge is 2.58. The van der Waals surface area contributed by atoms with E-state index in [1.165, 1.54) is 6.42 Å². The monoisotopic (exact) mass is 410 g/mol. The van der Waals surface area contributed by atoms with Gasteiger partial charge in [-0.3, -0.25) is 0 Å². The second-order valence-electron chi connectivity index (χ2n) is 9.43. The average Bonchev–Trinajstić information content (AvgIpc) is 3.09. The minimum absolute atomic E-state index is 0. The molecule has 7 rings (SSSR count). The highest BCUT2D eigenvalue weighted by molar-refractivity contribution is 5.85. The van der Waals surface area contributed by atoms with Crippen LogP contribution in [-0.2, 0) is 4.74 Å². The molecule has 4 saturated carbocycles. The second kappa shape index (κ2) is 6.83. The molecule has 3 atom stereocenters. The molecule has 0 spiro atoms. The molecule has 3 unspecified atom stereocenters. The first-order valence-electron chi connectivity index (χ1n) is 10.5. The molecule has 4 nitrogen and oxygen atoms in total. The van der Waals surface area contributed by atoms with E-state index >= 15 is 0 Å². The molecule has 0 saturated heterocycles. The van der Waals surface area contributed by atoms with Crippen molar-refractivity contribution in [1.82, 2.24) is 4.98 Å². The number of nitrogens with two attached hydrogens (primary N) is 1. The van der Waals surface area contributed by atoms with Crippen LogP contribution in [0.2, 0.25) is 0 Å². The Morgan fingerprint density at radius 1 is 0.966 bits per heavy atom. The molecule has 3 aromatic rings. The normalized spacial score (nSPS) is 33.6. The number of nitrogens with zero attached hydrogens (tertiary/aromatic N) is 1. The number of aromatic nitrogens is 1. The minimum Gasteiger partial charge on any atom is -0.437 e. The fourth-order valence-electron chi connectivity index (χ4n) is 6.53. The molecular weight excluding hydrogens is 384 g/mol. The fourth-order valence-corrected chi connectivity index (χ4v) is 6.53. The quantitative estimate of drug-likeness (QED) is 0.625. The van der Waals surface area contributed by atoms with E-state index in [1.54, 1.807) is 0 Å². The number of fused-ring (bicyclic) bond motifs is 1. The number of benzene rings is 2. The van der Waals surface area contributed by atoms with Crippen LogP contribution in [0.3, 0.4) is 0 Å². The molecule has 4 aliphatic carbocycles. The van der Waals surface area contributed by atoms with Crippen LogP contribution in [-0.4, -0.2) is 16.1 Å². The van der Waals surface area contributed by atoms with Gasteiger partial charge >= 0.3 is 0 Å². The van der Waals surface area contributed by atoms with Gasteiger partial charge in [-0.15, -0.1) is 12.4 Å². The summed E-state index contributed by atoms with van der Waals surface area (Å²) in [6.07, 6.45) is 6.53. The zero-order chi connectivity index (χ0) is 18.8. The number of rotatable bonds is 4. The van der Waals surface area contributed by atoms with Crippen molar-refractivity contribution in [1.29, 1.82) is 0 Å². The molecule has 0 aliphatic heterocycles. The lowest BCUT2D eigenvalue weighted by Gasteiger charge is -2.60. The van der Waals surface area contributed by atoms with Gasteiger partial charge in [0.05, 0.1) is 5.60 Å². The Kier molecular flexibility index (Phi) is 4.50. The standard InChI is InChI=1S/C24H26N2O2.ClH/c25-23-11-16-10-17(12-23)14-24(13-16,15-23)28-21(18-6-2-1-3-7-18)22-26-19-8-4-5-9-20(19)27-22;/h1-9,16-17,21H,10-15,25H2;1H. The first-order chi connectivity index (χ1) is 13.6. The average molecular weight is 411 g/mol. The Bertz CT molecular complexity index is 971. The van der Waals surface area contributed by atoms with Gasteiger partial charge in [0.15, 0.2) is 11.7 Å². The lowest BCUT2D eigenvalue weighted by atomic mass is 9.51. The number of halogens is 1. The topological polar surface area (TPSA) is 61.3 Å². The van der Waals surface area contributed by atoms with E-state index in [4.69, 9.17) is 19.9 Å². The predicted octanol–water partition coefficient (Wildman–Crippen LogP) is 5.41. The molecule has 4 fully saturated rings. The van der Waals surface area contributed by atoms with Crippen molar-refractivity contribution in [3.8, 4) is 0 Å². The third-order valence-electron chi connectivity index (χ3n) is 7.06. The van der Waals surface area contributed by atoms with Gasteiger partial charge in [0.2, 0.25) is 5.89 Å². The van der Waals surface area contributed by atoms with Gasteiger partial charge in [0.1, 0.15) is 5.52 Å². The summed E-state index contributed by atoms with van der Waals surface area (Å²) in [5, 5.41) is 0. The molecule has 2 aromatic carbocycles. The highest BCUT2D eigenvalue weighted by Crippen LogP contribution is 2.59. The summed E-state index contributed by atoms with van der Waals surface area (Å²) >= 11 is 0. The van der Waals surface area contributed by atoms with E-state index in [0.717, 1.165) is 48.8 Å². The molecule has 4 bridgehead atoms. The van der Waals surface area contributed by atoms with Crippen molar-refractivity contribution >= 4 is 23.5 Å². The molecule has 5 heteroatoms. The summed E-state index contributed by atoms with van der Waals surface area (Å²) in [7, 11) is 0. The van der Waals surface area contributed by atoms with Crippen LogP contribution in [0.15, 0.2) is 59.0 Å². The number of para-hydroxylation sites is 2. The maximum atomic E-state index is 6.98. The molecule has 4 aliphatic rings. The van der Waals surface area contributed by atoms with Gasteiger partial charge in [0, 0.05) is 5.54 Å². The van der Waals surface area contributed by atoms with Crippen molar-refractivity contribution in [3.63, 3.8) is 0 Å². The fraction of sp³-hybridized carbons (Fsp3) is 0.458. The Morgan fingerprint density at radius 3 is 2.34 bits per heavy atom. The Hall–Kier alpha value is -1.88. The van der Waals surface area contributed by atoms with Crippen LogP contribution in [0, 0.1) is 11.8 Å². The summed E-state index contributed by atoms with van der Waals surface area (Å²) in [4.78, 5) is 4.78. The number of oxazole rings is 1. The van der Waals surface area contributed by atoms with E-state index in [9.17, 15) is 0 Å². The largest absolute Gasteiger partial charge is 0.437 e. The van der Waals surface area contributed by atoms with Crippen LogP contribution in [0.4, 0.5) is 0 Å². The molecule has 29 heavy (non-hydrogen) atoms. The van der Waals surface area contributed by atoms with E-state index < -0.39 is 0 Å². The van der Waals surface area contributed by atoms with Gasteiger partial charge in [-0.2, -0.15) is 0 Å². The summed E-state index contributed by atoms with van der Waals surface area (Å²) in [6.45, 7) is 0. The van der Waals surface area contributed by atoms with Crippen molar-refractivity contribution < 1.29 is 9.15 Å². The van der Waals surface area contributed by atoms with Crippen molar-refractivity contribution in [2.45, 2.75) is 55.8 Å². The SMILES string of the molecule is Cl.NC12CC3CC(C1)CC(OC(c1ccccc1)c1nc4ccccc4o1)(C3)C2. The summed E-state index contributed by atoms with van der Waals surface area (Å²) in [5.41, 5.74) is 9.38. The highest BCUT2D eigenvalue weighted by atomic mass is 35.5. The molecule has 2 N–H and O–H groups in total. The molecule has 0 amide bonds. The van der Waals surface area contributed by atoms with Gasteiger partial charge in [0.25, 0.3) is 0 Å². The Balaban J connectivity index is 0.00000181. The van der Waals surface area contributed by atoms with Gasteiger partial charge in [-0.25, -0.2) is 4.98 Å². The zero-order valence-electron chi connectivity index (χ0n) is 16.4. The van der Waals surface area contributed by atoms with Crippen molar-refractivity contribution in [3.05, 3.63) is 66.1 Å². The first kappa shape index (κ1) is 19.1. The van der Waals surface area contributed by atoms with Gasteiger partial charge in [-0.1, -0.05) is 42.5 Å². The number of hydrogen-bond acceptors (Lipinski definition) is 4. The zero-order valence-corrected chi connectivity index (χ0v) is 17.2. The lowest BCUT2D eigenvalue weighted by Crippen LogP contribution is -2.63. The lowest BCUT2D eigenvalue weighted by molar-refractivity contribution is -0.190. The van der Waals surface area contributed by atoms with E-state index in [1.807, 2.05) is 30.3 Å². The first-order valence-corrected chi connectivity index (χ1v) is 10.5. The van der Waals surface area contributed by atoms with Gasteiger partial charge in [-0.05, 0) is 68.1 Å². The number of ether oxygens (including phenoxy) is 1. The summed E-state index contributed by atoms with van der Waals surface area (Å²) < 4.78 is 13.1. The minimum atomic E-state index is -0.298. The van der Waals surface area contributed by atoms with Crippen LogP contribution in [0.1, 0.15) is 56.1 Å². The summed E-state index contributed by atoms with van der Waals surface area (Å²) in [5.74, 6) is 2.05. The van der Waals surface area contributed by atoms with E-state index in [2.05, 4.69) is 24.3 Å². The number of hydrogen-bond donors (Lipinski definition) is 1. The smallest absolute Gasteiger partial charge is 0.229 e. The predicted molar refractivity (Wildman–Crippen MR) is 115 cm³/mol. The Labute approximate surface area is 177 Å². The van der Waals surface area contributed by atoms with Gasteiger partial charge < -0.3 is 14.9 Å². The maximum absolute atomic E-state index is 6.98. The molecule has 152 valence electrons.